The molecular weight excluding hydrogens is 351 g/mol. The Labute approximate surface area is 142 Å². The van der Waals surface area contributed by atoms with Gasteiger partial charge in [-0.25, -0.2) is 4.98 Å². The fourth-order valence-electron chi connectivity index (χ4n) is 2.17. The highest BCUT2D eigenvalue weighted by atomic mass is 35.5. The van der Waals surface area contributed by atoms with Crippen molar-refractivity contribution in [3.63, 3.8) is 0 Å². The van der Waals surface area contributed by atoms with E-state index in [1.807, 2.05) is 13.0 Å². The molecule has 1 aromatic heterocycles. The van der Waals surface area contributed by atoms with Gasteiger partial charge in [0.25, 0.3) is 0 Å². The predicted molar refractivity (Wildman–Crippen MR) is 92.3 cm³/mol. The molecule has 21 heavy (non-hydrogen) atoms. The maximum absolute atomic E-state index is 11.5. The van der Waals surface area contributed by atoms with Gasteiger partial charge in [-0.2, -0.15) is 0 Å². The summed E-state index contributed by atoms with van der Waals surface area (Å²) in [6, 6.07) is 3.60. The van der Waals surface area contributed by atoms with E-state index >= 15 is 0 Å². The molecule has 0 aliphatic heterocycles. The molecule has 0 saturated heterocycles. The summed E-state index contributed by atoms with van der Waals surface area (Å²) in [5, 5.41) is 1.14. The lowest BCUT2D eigenvalue weighted by atomic mass is 10.3. The molecule has 0 N–H and O–H groups in total. The van der Waals surface area contributed by atoms with Gasteiger partial charge in [-0.1, -0.05) is 30.1 Å². The number of hydrogen-bond donors (Lipinski definition) is 0. The largest absolute Gasteiger partial charge is 0.328 e. The molecule has 0 radical (unpaired) electrons. The normalized spacial score (nSPS) is 14.5. The zero-order valence-corrected chi connectivity index (χ0v) is 15.0. The first kappa shape index (κ1) is 17.1. The standard InChI is InChI=1S/C14H17Cl3N2OS/c1-9(21(2)20)4-6-19-13-8-11(17)10(16)7-12(13)18-14(19)3-5-15/h7-9H,3-6H2,1-2H3. The van der Waals surface area contributed by atoms with Crippen molar-refractivity contribution in [2.45, 2.75) is 31.6 Å². The summed E-state index contributed by atoms with van der Waals surface area (Å²) in [5.41, 5.74) is 1.76. The van der Waals surface area contributed by atoms with Crippen molar-refractivity contribution in [3.8, 4) is 0 Å². The Hall–Kier alpha value is -0.290. The average Bonchev–Trinajstić information content (AvgIpc) is 2.74. The highest BCUT2D eigenvalue weighted by Gasteiger charge is 2.14. The number of halogens is 3. The van der Waals surface area contributed by atoms with E-state index in [0.29, 0.717) is 22.3 Å². The molecule has 0 saturated carbocycles. The zero-order valence-electron chi connectivity index (χ0n) is 11.9. The third-order valence-corrected chi connectivity index (χ3v) is 5.79. The molecule has 2 unspecified atom stereocenters. The number of rotatable bonds is 6. The number of alkyl halides is 1. The van der Waals surface area contributed by atoms with Gasteiger partial charge in [0.15, 0.2) is 0 Å². The Morgan fingerprint density at radius 3 is 2.62 bits per heavy atom. The first-order valence-corrected chi connectivity index (χ1v) is 9.57. The molecule has 7 heteroatoms. The van der Waals surface area contributed by atoms with Crippen LogP contribution in [0.15, 0.2) is 12.1 Å². The van der Waals surface area contributed by atoms with Crippen molar-refractivity contribution in [1.29, 1.82) is 0 Å². The molecule has 0 amide bonds. The van der Waals surface area contributed by atoms with Crippen LogP contribution in [-0.2, 0) is 23.8 Å². The van der Waals surface area contributed by atoms with Gasteiger partial charge in [0.2, 0.25) is 0 Å². The third kappa shape index (κ3) is 3.92. The molecular formula is C14H17Cl3N2OS. The van der Waals surface area contributed by atoms with Crippen LogP contribution in [-0.4, -0.2) is 31.1 Å². The van der Waals surface area contributed by atoms with Crippen LogP contribution in [0.3, 0.4) is 0 Å². The van der Waals surface area contributed by atoms with Crippen LogP contribution < -0.4 is 0 Å². The van der Waals surface area contributed by atoms with E-state index in [-0.39, 0.29) is 5.25 Å². The third-order valence-electron chi connectivity index (χ3n) is 3.51. The number of aryl methyl sites for hydroxylation is 2. The van der Waals surface area contributed by atoms with Crippen molar-refractivity contribution in [2.24, 2.45) is 0 Å². The van der Waals surface area contributed by atoms with Crippen molar-refractivity contribution >= 4 is 56.6 Å². The monoisotopic (exact) mass is 366 g/mol. The molecule has 0 spiro atoms. The van der Waals surface area contributed by atoms with E-state index in [0.717, 1.165) is 29.8 Å². The van der Waals surface area contributed by atoms with Gasteiger partial charge in [-0.15, -0.1) is 11.6 Å². The maximum atomic E-state index is 11.5. The van der Waals surface area contributed by atoms with Crippen LogP contribution in [0.25, 0.3) is 11.0 Å². The van der Waals surface area contributed by atoms with Crippen LogP contribution >= 0.6 is 34.8 Å². The SMILES string of the molecule is CC(CCn1c(CCCl)nc2cc(Cl)c(Cl)cc21)S(C)=O. The van der Waals surface area contributed by atoms with Crippen molar-refractivity contribution < 1.29 is 4.21 Å². The summed E-state index contributed by atoms with van der Waals surface area (Å²) in [6.07, 6.45) is 3.21. The molecule has 0 aliphatic carbocycles. The Bertz CT molecular complexity index is 672. The Morgan fingerprint density at radius 1 is 1.33 bits per heavy atom. The van der Waals surface area contributed by atoms with Gasteiger partial charge in [0.05, 0.1) is 21.1 Å². The lowest BCUT2D eigenvalue weighted by Gasteiger charge is -2.12. The number of benzene rings is 1. The van der Waals surface area contributed by atoms with Gasteiger partial charge in [-0.05, 0) is 18.6 Å². The molecule has 116 valence electrons. The number of fused-ring (bicyclic) bond motifs is 1. The van der Waals surface area contributed by atoms with Crippen LogP contribution in [0.1, 0.15) is 19.2 Å². The summed E-state index contributed by atoms with van der Waals surface area (Å²) in [4.78, 5) is 4.59. The highest BCUT2D eigenvalue weighted by Crippen LogP contribution is 2.29. The summed E-state index contributed by atoms with van der Waals surface area (Å²) in [6.45, 7) is 2.72. The summed E-state index contributed by atoms with van der Waals surface area (Å²) < 4.78 is 13.6. The fourth-order valence-corrected chi connectivity index (χ4v) is 3.09. The minimum Gasteiger partial charge on any atom is -0.328 e. The first-order chi connectivity index (χ1) is 9.93. The van der Waals surface area contributed by atoms with E-state index in [1.165, 1.54) is 0 Å². The second-order valence-electron chi connectivity index (χ2n) is 4.97. The molecule has 2 atom stereocenters. The quantitative estimate of drug-likeness (QED) is 0.714. The Balaban J connectivity index is 2.40. The van der Waals surface area contributed by atoms with Crippen molar-refractivity contribution in [2.75, 3.05) is 12.1 Å². The highest BCUT2D eigenvalue weighted by molar-refractivity contribution is 7.84. The van der Waals surface area contributed by atoms with Gasteiger partial charge >= 0.3 is 0 Å². The van der Waals surface area contributed by atoms with Crippen LogP contribution in [0.4, 0.5) is 0 Å². The lowest BCUT2D eigenvalue weighted by Crippen LogP contribution is -2.14. The zero-order chi connectivity index (χ0) is 15.6. The minimum absolute atomic E-state index is 0.133. The molecule has 2 rings (SSSR count). The minimum atomic E-state index is -0.831. The van der Waals surface area contributed by atoms with Gasteiger partial charge in [0, 0.05) is 41.2 Å². The van der Waals surface area contributed by atoms with Crippen LogP contribution in [0, 0.1) is 0 Å². The Morgan fingerprint density at radius 2 is 2.00 bits per heavy atom. The van der Waals surface area contributed by atoms with E-state index in [4.69, 9.17) is 34.8 Å². The summed E-state index contributed by atoms with van der Waals surface area (Å²) in [7, 11) is -0.831. The number of hydrogen-bond acceptors (Lipinski definition) is 2. The van der Waals surface area contributed by atoms with E-state index in [1.54, 1.807) is 12.3 Å². The topological polar surface area (TPSA) is 34.9 Å². The fraction of sp³-hybridized carbons (Fsp3) is 0.500. The average molecular weight is 368 g/mol. The van der Waals surface area contributed by atoms with Crippen LogP contribution in [0.2, 0.25) is 10.0 Å². The molecule has 0 bridgehead atoms. The van der Waals surface area contributed by atoms with Gasteiger partial charge < -0.3 is 4.57 Å². The second kappa shape index (κ2) is 7.32. The predicted octanol–water partition coefficient (Wildman–Crippen LogP) is 4.28. The van der Waals surface area contributed by atoms with E-state index < -0.39 is 10.8 Å². The number of nitrogens with zero attached hydrogens (tertiary/aromatic N) is 2. The maximum Gasteiger partial charge on any atom is 0.111 e. The molecule has 1 aromatic carbocycles. The van der Waals surface area contributed by atoms with Gasteiger partial charge in [0.1, 0.15) is 5.82 Å². The van der Waals surface area contributed by atoms with Crippen molar-refractivity contribution in [1.82, 2.24) is 9.55 Å². The Kier molecular flexibility index (Phi) is 5.95. The smallest absolute Gasteiger partial charge is 0.111 e. The molecule has 3 nitrogen and oxygen atoms in total. The molecule has 0 fully saturated rings. The molecule has 0 aliphatic rings. The van der Waals surface area contributed by atoms with E-state index in [9.17, 15) is 4.21 Å². The van der Waals surface area contributed by atoms with E-state index in [2.05, 4.69) is 9.55 Å². The summed E-state index contributed by atoms with van der Waals surface area (Å²) in [5.74, 6) is 1.41. The van der Waals surface area contributed by atoms with Crippen LogP contribution in [0.5, 0.6) is 0 Å². The molecule has 1 heterocycles. The molecule has 2 aromatic rings. The number of aromatic nitrogens is 2. The first-order valence-electron chi connectivity index (χ1n) is 6.66. The lowest BCUT2D eigenvalue weighted by molar-refractivity contribution is 0.611. The van der Waals surface area contributed by atoms with Crippen molar-refractivity contribution in [3.05, 3.63) is 28.0 Å². The van der Waals surface area contributed by atoms with Gasteiger partial charge in [-0.3, -0.25) is 4.21 Å². The second-order valence-corrected chi connectivity index (χ2v) is 7.97. The number of imidazole rings is 1. The summed E-state index contributed by atoms with van der Waals surface area (Å²) >= 11 is 18.0.